The average molecular weight is 259 g/mol. The molecule has 0 aliphatic carbocycles. The molecule has 2 rings (SSSR count). The van der Waals surface area contributed by atoms with Gasteiger partial charge < -0.3 is 16.4 Å². The molecule has 1 aromatic heterocycles. The van der Waals surface area contributed by atoms with Gasteiger partial charge in [-0.15, -0.1) is 0 Å². The molecular weight excluding hydrogens is 242 g/mol. The predicted molar refractivity (Wildman–Crippen MR) is 74.8 cm³/mol. The zero-order valence-corrected chi connectivity index (χ0v) is 10.7. The first kappa shape index (κ1) is 12.9. The molecule has 0 atom stereocenters. The van der Waals surface area contributed by atoms with Crippen molar-refractivity contribution in [2.24, 2.45) is 0 Å². The molecule has 0 radical (unpaired) electrons. The summed E-state index contributed by atoms with van der Waals surface area (Å²) in [7, 11) is 0. The highest BCUT2D eigenvalue weighted by Crippen LogP contribution is 2.20. The monoisotopic (exact) mass is 259 g/mol. The summed E-state index contributed by atoms with van der Waals surface area (Å²) in [6.07, 6.45) is 3.54. The van der Waals surface area contributed by atoms with Crippen LogP contribution in [0.25, 0.3) is 0 Å². The lowest BCUT2D eigenvalue weighted by Crippen LogP contribution is -2.22. The second-order valence-corrected chi connectivity index (χ2v) is 4.12. The first-order chi connectivity index (χ1) is 9.20. The van der Waals surface area contributed by atoms with E-state index in [0.29, 0.717) is 24.3 Å². The molecule has 0 saturated heterocycles. The molecule has 1 heterocycles. The summed E-state index contributed by atoms with van der Waals surface area (Å²) in [5.74, 6) is -0.103. The first-order valence-corrected chi connectivity index (χ1v) is 6.10. The van der Waals surface area contributed by atoms with Crippen molar-refractivity contribution < 1.29 is 4.79 Å². The van der Waals surface area contributed by atoms with Crippen LogP contribution in [0.5, 0.6) is 0 Å². The van der Waals surface area contributed by atoms with Gasteiger partial charge in [-0.05, 0) is 25.1 Å². The number of anilines is 2. The third-order valence-corrected chi connectivity index (χ3v) is 2.69. The van der Waals surface area contributed by atoms with E-state index in [1.807, 2.05) is 6.92 Å². The number of amides is 1. The van der Waals surface area contributed by atoms with Crippen LogP contribution in [0.4, 0.5) is 11.4 Å². The predicted octanol–water partition coefficient (Wildman–Crippen LogP) is 1.35. The number of nitrogen functional groups attached to an aromatic ring is 1. The van der Waals surface area contributed by atoms with Crippen LogP contribution in [0.3, 0.4) is 0 Å². The Morgan fingerprint density at radius 2 is 2.32 bits per heavy atom. The molecule has 2 aromatic rings. The summed E-state index contributed by atoms with van der Waals surface area (Å²) >= 11 is 0. The van der Waals surface area contributed by atoms with Crippen molar-refractivity contribution in [2.75, 3.05) is 17.6 Å². The molecular formula is C13H17N5O. The number of hydrogen-bond acceptors (Lipinski definition) is 4. The summed E-state index contributed by atoms with van der Waals surface area (Å²) in [6, 6.07) is 5.19. The van der Waals surface area contributed by atoms with Crippen LogP contribution in [-0.2, 0) is 6.54 Å². The minimum Gasteiger partial charge on any atom is -0.397 e. The largest absolute Gasteiger partial charge is 0.397 e. The van der Waals surface area contributed by atoms with Crippen molar-refractivity contribution in [3.63, 3.8) is 0 Å². The maximum atomic E-state index is 11.7. The van der Waals surface area contributed by atoms with Crippen LogP contribution in [0.1, 0.15) is 22.8 Å². The van der Waals surface area contributed by atoms with Gasteiger partial charge in [0.15, 0.2) is 0 Å². The number of H-pyrrole nitrogens is 1. The Balaban J connectivity index is 2.10. The zero-order valence-electron chi connectivity index (χ0n) is 10.7. The SMILES string of the molecule is CCNC(=O)c1ccc(N)c(NCc2cn[nH]c2)c1. The summed E-state index contributed by atoms with van der Waals surface area (Å²) < 4.78 is 0. The van der Waals surface area contributed by atoms with Crippen LogP contribution in [-0.4, -0.2) is 22.6 Å². The third kappa shape index (κ3) is 3.25. The fourth-order valence-electron chi connectivity index (χ4n) is 1.68. The number of rotatable bonds is 5. The molecule has 1 aromatic carbocycles. The van der Waals surface area contributed by atoms with Gasteiger partial charge in [0.2, 0.25) is 0 Å². The van der Waals surface area contributed by atoms with E-state index in [0.717, 1.165) is 11.3 Å². The zero-order chi connectivity index (χ0) is 13.7. The van der Waals surface area contributed by atoms with Gasteiger partial charge in [0.05, 0.1) is 17.6 Å². The molecule has 0 aliphatic rings. The van der Waals surface area contributed by atoms with E-state index in [4.69, 9.17) is 5.73 Å². The molecule has 5 N–H and O–H groups in total. The summed E-state index contributed by atoms with van der Waals surface area (Å²) in [4.78, 5) is 11.7. The molecule has 0 saturated carbocycles. The highest BCUT2D eigenvalue weighted by molar-refractivity contribution is 5.96. The van der Waals surface area contributed by atoms with Crippen LogP contribution in [0, 0.1) is 0 Å². The van der Waals surface area contributed by atoms with E-state index in [2.05, 4.69) is 20.8 Å². The maximum Gasteiger partial charge on any atom is 0.251 e. The normalized spacial score (nSPS) is 10.2. The Kier molecular flexibility index (Phi) is 4.02. The van der Waals surface area contributed by atoms with Gasteiger partial charge in [-0.25, -0.2) is 0 Å². The van der Waals surface area contributed by atoms with E-state index in [1.54, 1.807) is 30.6 Å². The number of carbonyl (C=O) groups is 1. The van der Waals surface area contributed by atoms with Gasteiger partial charge in [-0.3, -0.25) is 9.89 Å². The van der Waals surface area contributed by atoms with Crippen molar-refractivity contribution in [3.05, 3.63) is 41.7 Å². The fourth-order valence-corrected chi connectivity index (χ4v) is 1.68. The van der Waals surface area contributed by atoms with Crippen molar-refractivity contribution in [3.8, 4) is 0 Å². The lowest BCUT2D eigenvalue weighted by molar-refractivity contribution is 0.0956. The lowest BCUT2D eigenvalue weighted by atomic mass is 10.1. The third-order valence-electron chi connectivity index (χ3n) is 2.69. The Hall–Kier alpha value is -2.50. The topological polar surface area (TPSA) is 95.8 Å². The average Bonchev–Trinajstić information content (AvgIpc) is 2.91. The van der Waals surface area contributed by atoms with E-state index in [1.165, 1.54) is 0 Å². The highest BCUT2D eigenvalue weighted by atomic mass is 16.1. The van der Waals surface area contributed by atoms with Gasteiger partial charge in [0.25, 0.3) is 5.91 Å². The molecule has 0 bridgehead atoms. The number of aromatic nitrogens is 2. The quantitative estimate of drug-likeness (QED) is 0.609. The van der Waals surface area contributed by atoms with Crippen LogP contribution in [0.15, 0.2) is 30.6 Å². The van der Waals surface area contributed by atoms with E-state index in [9.17, 15) is 4.79 Å². The maximum absolute atomic E-state index is 11.7. The summed E-state index contributed by atoms with van der Waals surface area (Å²) in [6.45, 7) is 3.08. The van der Waals surface area contributed by atoms with Gasteiger partial charge in [-0.2, -0.15) is 5.10 Å². The van der Waals surface area contributed by atoms with E-state index in [-0.39, 0.29) is 5.91 Å². The number of aromatic amines is 1. The number of nitrogens with one attached hydrogen (secondary N) is 3. The minimum atomic E-state index is -0.103. The van der Waals surface area contributed by atoms with Gasteiger partial charge in [-0.1, -0.05) is 0 Å². The standard InChI is InChI=1S/C13H17N5O/c1-2-15-13(19)10-3-4-11(14)12(5-10)16-6-9-7-17-18-8-9/h3-5,7-8,16H,2,6,14H2,1H3,(H,15,19)(H,17,18). The summed E-state index contributed by atoms with van der Waals surface area (Å²) in [5, 5.41) is 12.6. The second kappa shape index (κ2) is 5.90. The van der Waals surface area contributed by atoms with E-state index >= 15 is 0 Å². The molecule has 0 unspecified atom stereocenters. The van der Waals surface area contributed by atoms with Crippen LogP contribution in [0.2, 0.25) is 0 Å². The minimum absolute atomic E-state index is 0.103. The number of hydrogen-bond donors (Lipinski definition) is 4. The molecule has 19 heavy (non-hydrogen) atoms. The highest BCUT2D eigenvalue weighted by Gasteiger charge is 2.07. The number of benzene rings is 1. The Bertz CT molecular complexity index is 550. The molecule has 6 nitrogen and oxygen atoms in total. The van der Waals surface area contributed by atoms with Crippen molar-refractivity contribution in [2.45, 2.75) is 13.5 Å². The molecule has 0 spiro atoms. The van der Waals surface area contributed by atoms with Crippen LogP contribution >= 0.6 is 0 Å². The van der Waals surface area contributed by atoms with Crippen molar-refractivity contribution in [1.29, 1.82) is 0 Å². The molecule has 6 heteroatoms. The number of carbonyl (C=O) groups excluding carboxylic acids is 1. The van der Waals surface area contributed by atoms with E-state index < -0.39 is 0 Å². The second-order valence-electron chi connectivity index (χ2n) is 4.12. The van der Waals surface area contributed by atoms with Gasteiger partial charge >= 0.3 is 0 Å². The number of nitrogens with two attached hydrogens (primary N) is 1. The number of nitrogens with zero attached hydrogens (tertiary/aromatic N) is 1. The van der Waals surface area contributed by atoms with Gasteiger partial charge in [0.1, 0.15) is 0 Å². The van der Waals surface area contributed by atoms with Crippen molar-refractivity contribution >= 4 is 17.3 Å². The first-order valence-electron chi connectivity index (χ1n) is 6.10. The lowest BCUT2D eigenvalue weighted by Gasteiger charge is -2.10. The Morgan fingerprint density at radius 3 is 3.00 bits per heavy atom. The fraction of sp³-hybridized carbons (Fsp3) is 0.231. The molecule has 100 valence electrons. The molecule has 0 fully saturated rings. The van der Waals surface area contributed by atoms with Gasteiger partial charge in [0, 0.05) is 30.4 Å². The van der Waals surface area contributed by atoms with Crippen molar-refractivity contribution in [1.82, 2.24) is 15.5 Å². The summed E-state index contributed by atoms with van der Waals surface area (Å²) in [5.41, 5.74) is 8.84. The smallest absolute Gasteiger partial charge is 0.251 e. The molecule has 1 amide bonds. The Morgan fingerprint density at radius 1 is 1.47 bits per heavy atom. The molecule has 0 aliphatic heterocycles. The Labute approximate surface area is 111 Å². The van der Waals surface area contributed by atoms with Crippen LogP contribution < -0.4 is 16.4 Å².